The molecule has 2 N–H and O–H groups in total. The molecule has 2 unspecified atom stereocenters. The van der Waals surface area contributed by atoms with Crippen LogP contribution in [0.25, 0.3) is 0 Å². The Morgan fingerprint density at radius 1 is 1.35 bits per heavy atom. The van der Waals surface area contributed by atoms with E-state index < -0.39 is 6.10 Å². The van der Waals surface area contributed by atoms with E-state index in [9.17, 15) is 9.90 Å². The molecule has 1 aliphatic carbocycles. The van der Waals surface area contributed by atoms with Gasteiger partial charge in [0.2, 0.25) is 0 Å². The van der Waals surface area contributed by atoms with Crippen molar-refractivity contribution in [1.29, 1.82) is 0 Å². The molecule has 0 aliphatic heterocycles. The van der Waals surface area contributed by atoms with E-state index in [2.05, 4.69) is 5.32 Å². The summed E-state index contributed by atoms with van der Waals surface area (Å²) in [6.07, 6.45) is 1.86. The molecule has 1 aliphatic rings. The molecule has 0 saturated carbocycles. The van der Waals surface area contributed by atoms with Gasteiger partial charge >= 0.3 is 0 Å². The van der Waals surface area contributed by atoms with Crippen LogP contribution < -0.4 is 5.32 Å². The highest BCUT2D eigenvalue weighted by atomic mass is 32.2. The Balaban J connectivity index is 1.79. The monoisotopic (exact) mass is 289 g/mol. The van der Waals surface area contributed by atoms with Crippen LogP contribution in [0.5, 0.6) is 0 Å². The fraction of sp³-hybridized carbons (Fsp3) is 0.267. The summed E-state index contributed by atoms with van der Waals surface area (Å²) in [5.74, 6) is -0.0306. The van der Waals surface area contributed by atoms with E-state index in [0.717, 1.165) is 11.1 Å². The van der Waals surface area contributed by atoms with Crippen molar-refractivity contribution in [1.82, 2.24) is 5.32 Å². The Morgan fingerprint density at radius 2 is 2.15 bits per heavy atom. The van der Waals surface area contributed by atoms with Crippen molar-refractivity contribution >= 4 is 17.7 Å². The smallest absolute Gasteiger partial charge is 0.287 e. The third-order valence-corrected chi connectivity index (χ3v) is 4.12. The molecule has 3 rings (SSSR count). The minimum atomic E-state index is -0.591. The molecule has 2 atom stereocenters. The number of aliphatic hydroxyl groups is 1. The molecule has 1 amide bonds. The van der Waals surface area contributed by atoms with Gasteiger partial charge in [0.15, 0.2) is 10.9 Å². The van der Waals surface area contributed by atoms with Gasteiger partial charge in [-0.2, -0.15) is 0 Å². The molecule has 5 heteroatoms. The lowest BCUT2D eigenvalue weighted by atomic mass is 10.1. The number of rotatable bonds is 3. The summed E-state index contributed by atoms with van der Waals surface area (Å²) in [4.78, 5) is 12.2. The molecule has 0 saturated heterocycles. The standard InChI is InChI=1S/C15H15NO3S/c1-20-13-7-6-12(19-13)15(18)16-14-10-5-3-2-4-9(10)8-11(14)17/h2-7,11,14,17H,8H2,1H3,(H,16,18). The predicted molar refractivity (Wildman–Crippen MR) is 76.8 cm³/mol. The summed E-state index contributed by atoms with van der Waals surface area (Å²) in [6, 6.07) is 10.8. The van der Waals surface area contributed by atoms with Gasteiger partial charge in [0.1, 0.15) is 0 Å². The van der Waals surface area contributed by atoms with Crippen LogP contribution in [0.3, 0.4) is 0 Å². The molecule has 104 valence electrons. The Bertz CT molecular complexity index is 638. The Hall–Kier alpha value is -1.72. The average Bonchev–Trinajstić information content (AvgIpc) is 3.04. The van der Waals surface area contributed by atoms with Crippen LogP contribution in [0.4, 0.5) is 0 Å². The van der Waals surface area contributed by atoms with Crippen molar-refractivity contribution in [3.63, 3.8) is 0 Å². The van der Waals surface area contributed by atoms with Gasteiger partial charge in [-0.1, -0.05) is 36.0 Å². The van der Waals surface area contributed by atoms with Gasteiger partial charge in [0.25, 0.3) is 5.91 Å². The second-order valence-electron chi connectivity index (χ2n) is 4.74. The predicted octanol–water partition coefficient (Wildman–Crippen LogP) is 2.39. The Kier molecular flexibility index (Phi) is 3.54. The van der Waals surface area contributed by atoms with Crippen LogP contribution in [-0.4, -0.2) is 23.4 Å². The van der Waals surface area contributed by atoms with Crippen molar-refractivity contribution in [3.8, 4) is 0 Å². The highest BCUT2D eigenvalue weighted by molar-refractivity contribution is 7.98. The fourth-order valence-corrected chi connectivity index (χ4v) is 2.89. The van der Waals surface area contributed by atoms with Gasteiger partial charge in [-0.15, -0.1) is 0 Å². The number of benzene rings is 1. The van der Waals surface area contributed by atoms with Crippen molar-refractivity contribution in [2.24, 2.45) is 0 Å². The maximum Gasteiger partial charge on any atom is 0.287 e. The minimum Gasteiger partial charge on any atom is -0.445 e. The number of carbonyl (C=O) groups is 1. The number of furan rings is 1. The van der Waals surface area contributed by atoms with Crippen molar-refractivity contribution in [2.45, 2.75) is 23.7 Å². The normalized spacial score (nSPS) is 20.7. The van der Waals surface area contributed by atoms with Crippen LogP contribution in [0, 0.1) is 0 Å². The van der Waals surface area contributed by atoms with Crippen LogP contribution >= 0.6 is 11.8 Å². The first-order chi connectivity index (χ1) is 9.69. The van der Waals surface area contributed by atoms with E-state index >= 15 is 0 Å². The summed E-state index contributed by atoms with van der Waals surface area (Å²) in [7, 11) is 0. The molecule has 1 aromatic carbocycles. The molecule has 0 radical (unpaired) electrons. The molecule has 0 fully saturated rings. The maximum absolute atomic E-state index is 12.2. The summed E-state index contributed by atoms with van der Waals surface area (Å²) < 4.78 is 5.40. The largest absolute Gasteiger partial charge is 0.445 e. The second kappa shape index (κ2) is 5.34. The van der Waals surface area contributed by atoms with Crippen molar-refractivity contribution in [2.75, 3.05) is 6.26 Å². The highest BCUT2D eigenvalue weighted by Crippen LogP contribution is 2.31. The van der Waals surface area contributed by atoms with E-state index in [1.807, 2.05) is 30.5 Å². The molecular weight excluding hydrogens is 274 g/mol. The number of amides is 1. The van der Waals surface area contributed by atoms with Crippen molar-refractivity contribution < 1.29 is 14.3 Å². The SMILES string of the molecule is CSc1ccc(C(=O)NC2c3ccccc3CC2O)o1. The summed E-state index contributed by atoms with van der Waals surface area (Å²) in [5.41, 5.74) is 2.06. The number of nitrogens with one attached hydrogen (secondary N) is 1. The quantitative estimate of drug-likeness (QED) is 0.852. The number of hydrogen-bond donors (Lipinski definition) is 2. The van der Waals surface area contributed by atoms with Crippen LogP contribution in [0.1, 0.15) is 27.7 Å². The lowest BCUT2D eigenvalue weighted by molar-refractivity contribution is 0.0827. The lowest BCUT2D eigenvalue weighted by Crippen LogP contribution is -2.33. The highest BCUT2D eigenvalue weighted by Gasteiger charge is 2.32. The zero-order chi connectivity index (χ0) is 14.1. The summed E-state index contributed by atoms with van der Waals surface area (Å²) in [6.45, 7) is 0. The molecule has 0 bridgehead atoms. The van der Waals surface area contributed by atoms with Crippen molar-refractivity contribution in [3.05, 3.63) is 53.3 Å². The van der Waals surface area contributed by atoms with E-state index in [1.165, 1.54) is 11.8 Å². The van der Waals surface area contributed by atoms with Crippen LogP contribution in [0.15, 0.2) is 45.9 Å². The molecule has 2 aromatic rings. The molecule has 1 aromatic heterocycles. The number of hydrogen-bond acceptors (Lipinski definition) is 4. The first kappa shape index (κ1) is 13.3. The zero-order valence-corrected chi connectivity index (χ0v) is 11.8. The topological polar surface area (TPSA) is 62.5 Å². The van der Waals surface area contributed by atoms with E-state index in [0.29, 0.717) is 11.5 Å². The van der Waals surface area contributed by atoms with Gasteiger partial charge in [0, 0.05) is 6.42 Å². The Labute approximate surface area is 121 Å². The van der Waals surface area contributed by atoms with Gasteiger partial charge in [0.05, 0.1) is 12.1 Å². The fourth-order valence-electron chi connectivity index (χ4n) is 2.51. The lowest BCUT2D eigenvalue weighted by Gasteiger charge is -2.17. The first-order valence-electron chi connectivity index (χ1n) is 6.39. The number of aliphatic hydroxyl groups excluding tert-OH is 1. The third-order valence-electron chi connectivity index (χ3n) is 3.50. The van der Waals surface area contributed by atoms with Crippen LogP contribution in [0.2, 0.25) is 0 Å². The maximum atomic E-state index is 12.2. The van der Waals surface area contributed by atoms with E-state index in [4.69, 9.17) is 4.42 Å². The average molecular weight is 289 g/mol. The molecule has 4 nitrogen and oxygen atoms in total. The second-order valence-corrected chi connectivity index (χ2v) is 5.55. The summed E-state index contributed by atoms with van der Waals surface area (Å²) in [5, 5.41) is 13.7. The zero-order valence-electron chi connectivity index (χ0n) is 11.0. The molecule has 20 heavy (non-hydrogen) atoms. The first-order valence-corrected chi connectivity index (χ1v) is 7.62. The van der Waals surface area contributed by atoms with E-state index in [1.54, 1.807) is 12.1 Å². The van der Waals surface area contributed by atoms with Crippen LogP contribution in [-0.2, 0) is 6.42 Å². The molecular formula is C15H15NO3S. The number of thioether (sulfide) groups is 1. The molecule has 0 spiro atoms. The van der Waals surface area contributed by atoms with Gasteiger partial charge in [-0.25, -0.2) is 0 Å². The van der Waals surface area contributed by atoms with Gasteiger partial charge < -0.3 is 14.8 Å². The van der Waals surface area contributed by atoms with Gasteiger partial charge in [-0.3, -0.25) is 4.79 Å². The summed E-state index contributed by atoms with van der Waals surface area (Å²) >= 11 is 1.44. The number of carbonyl (C=O) groups excluding carboxylic acids is 1. The third kappa shape index (κ3) is 2.34. The van der Waals surface area contributed by atoms with E-state index in [-0.39, 0.29) is 17.7 Å². The molecule has 1 heterocycles. The minimum absolute atomic E-state index is 0.269. The number of fused-ring (bicyclic) bond motifs is 1. The van der Waals surface area contributed by atoms with Gasteiger partial charge in [-0.05, 0) is 29.5 Å². The Morgan fingerprint density at radius 3 is 2.90 bits per heavy atom.